The summed E-state index contributed by atoms with van der Waals surface area (Å²) in [6, 6.07) is 6.17. The van der Waals surface area contributed by atoms with Crippen LogP contribution in [0.4, 0.5) is 5.69 Å². The summed E-state index contributed by atoms with van der Waals surface area (Å²) in [6.45, 7) is 1.63. The van der Waals surface area contributed by atoms with E-state index < -0.39 is 0 Å². The van der Waals surface area contributed by atoms with Crippen LogP contribution in [0.25, 0.3) is 0 Å². The van der Waals surface area contributed by atoms with Gasteiger partial charge < -0.3 is 15.4 Å². The minimum absolute atomic E-state index is 0.329. The summed E-state index contributed by atoms with van der Waals surface area (Å²) < 4.78 is 5.93. The Morgan fingerprint density at radius 1 is 1.35 bits per heavy atom. The summed E-state index contributed by atoms with van der Waals surface area (Å²) in [7, 11) is 0. The average molecular weight is 311 g/mol. The molecule has 3 nitrogen and oxygen atoms in total. The number of hydrogen-bond donors (Lipinski definition) is 1. The molecule has 0 aromatic heterocycles. The molecule has 0 spiro atoms. The maximum atomic E-state index is 6.17. The van der Waals surface area contributed by atoms with Crippen LogP contribution in [0.15, 0.2) is 18.2 Å². The Morgan fingerprint density at radius 2 is 2.15 bits per heavy atom. The molecule has 3 rings (SSSR count). The summed E-state index contributed by atoms with van der Waals surface area (Å²) in [5.74, 6) is 0. The third kappa shape index (κ3) is 2.65. The van der Waals surface area contributed by atoms with Gasteiger partial charge in [-0.25, -0.2) is 0 Å². The maximum Gasteiger partial charge on any atom is 0.106 e. The van der Waals surface area contributed by atoms with Gasteiger partial charge in [-0.1, -0.05) is 36.7 Å². The Balaban J connectivity index is 1.98. The highest BCUT2D eigenvalue weighted by Crippen LogP contribution is 2.34. The van der Waals surface area contributed by atoms with E-state index in [-0.39, 0.29) is 0 Å². The number of hydrogen-bond acceptors (Lipinski definition) is 3. The molecule has 108 valence electrons. The van der Waals surface area contributed by atoms with Crippen molar-refractivity contribution >= 4 is 34.5 Å². The third-order valence-corrected chi connectivity index (χ3v) is 4.72. The fraction of sp³-hybridized carbons (Fsp3) is 0.533. The minimum atomic E-state index is 0.329. The van der Waals surface area contributed by atoms with Gasteiger partial charge >= 0.3 is 0 Å². The van der Waals surface area contributed by atoms with Crippen LogP contribution in [0.2, 0.25) is 5.02 Å². The van der Waals surface area contributed by atoms with Crippen LogP contribution < -0.4 is 10.6 Å². The standard InChI is InChI=1S/C15H19ClN2OS/c16-10-5-6-11(15(17)20)13(9-10)18-7-8-19-14-4-2-1-3-12(14)18/h5-6,9,12,14H,1-4,7-8H2,(H2,17,20). The van der Waals surface area contributed by atoms with Crippen molar-refractivity contribution in [2.24, 2.45) is 5.73 Å². The molecule has 2 fully saturated rings. The molecule has 1 aromatic carbocycles. The molecule has 5 heteroatoms. The Bertz CT molecular complexity index is 521. The van der Waals surface area contributed by atoms with Gasteiger partial charge in [0.25, 0.3) is 0 Å². The van der Waals surface area contributed by atoms with Crippen molar-refractivity contribution in [3.63, 3.8) is 0 Å². The van der Waals surface area contributed by atoms with Gasteiger partial charge in [-0.15, -0.1) is 0 Å². The number of morpholine rings is 1. The second kappa shape index (κ2) is 5.88. The zero-order chi connectivity index (χ0) is 14.1. The maximum absolute atomic E-state index is 6.17. The van der Waals surface area contributed by atoms with Crippen molar-refractivity contribution in [2.45, 2.75) is 37.8 Å². The zero-order valence-electron chi connectivity index (χ0n) is 11.3. The van der Waals surface area contributed by atoms with Crippen molar-refractivity contribution in [3.8, 4) is 0 Å². The number of nitrogens with two attached hydrogens (primary N) is 1. The number of thiocarbonyl (C=S) groups is 1. The largest absolute Gasteiger partial charge is 0.389 e. The molecule has 0 radical (unpaired) electrons. The molecule has 1 saturated heterocycles. The van der Waals surface area contributed by atoms with Gasteiger partial charge in [0.05, 0.1) is 18.8 Å². The summed E-state index contributed by atoms with van der Waals surface area (Å²) >= 11 is 11.4. The normalized spacial score (nSPS) is 26.1. The van der Waals surface area contributed by atoms with E-state index in [1.54, 1.807) is 0 Å². The van der Waals surface area contributed by atoms with Gasteiger partial charge in [-0.2, -0.15) is 0 Å². The number of nitrogens with zero attached hydrogens (tertiary/aromatic N) is 1. The van der Waals surface area contributed by atoms with Crippen LogP contribution in [0.1, 0.15) is 31.2 Å². The SMILES string of the molecule is NC(=S)c1ccc(Cl)cc1N1CCOC2CCCCC21. The molecule has 0 bridgehead atoms. The molecule has 2 atom stereocenters. The van der Waals surface area contributed by atoms with Crippen LogP contribution in [-0.2, 0) is 4.74 Å². The first-order valence-electron chi connectivity index (χ1n) is 7.14. The molecule has 1 aliphatic carbocycles. The molecular weight excluding hydrogens is 292 g/mol. The highest BCUT2D eigenvalue weighted by atomic mass is 35.5. The molecular formula is C15H19ClN2OS. The van der Waals surface area contributed by atoms with Gasteiger partial charge in [-0.05, 0) is 31.0 Å². The lowest BCUT2D eigenvalue weighted by atomic mass is 9.89. The second-order valence-corrected chi connectivity index (χ2v) is 6.36. The van der Waals surface area contributed by atoms with Gasteiger partial charge in [0.15, 0.2) is 0 Å². The van der Waals surface area contributed by atoms with Gasteiger partial charge in [0.1, 0.15) is 4.99 Å². The molecule has 2 unspecified atom stereocenters. The fourth-order valence-corrected chi connectivity index (χ4v) is 3.69. The summed E-state index contributed by atoms with van der Waals surface area (Å²) in [4.78, 5) is 2.82. The molecule has 0 amide bonds. The topological polar surface area (TPSA) is 38.5 Å². The predicted octanol–water partition coefficient (Wildman–Crippen LogP) is 3.12. The summed E-state index contributed by atoms with van der Waals surface area (Å²) in [5, 5.41) is 0.721. The monoisotopic (exact) mass is 310 g/mol. The van der Waals surface area contributed by atoms with Gasteiger partial charge in [0.2, 0.25) is 0 Å². The van der Waals surface area contributed by atoms with Crippen molar-refractivity contribution in [1.29, 1.82) is 0 Å². The Morgan fingerprint density at radius 3 is 2.95 bits per heavy atom. The van der Waals surface area contributed by atoms with E-state index in [1.165, 1.54) is 12.8 Å². The van der Waals surface area contributed by atoms with Gasteiger partial charge in [-0.3, -0.25) is 0 Å². The van der Waals surface area contributed by atoms with Crippen LogP contribution in [0.3, 0.4) is 0 Å². The number of halogens is 1. The van der Waals surface area contributed by atoms with Crippen LogP contribution in [0.5, 0.6) is 0 Å². The first-order chi connectivity index (χ1) is 9.66. The van der Waals surface area contributed by atoms with E-state index in [4.69, 9.17) is 34.3 Å². The number of anilines is 1. The van der Waals surface area contributed by atoms with Crippen LogP contribution in [-0.4, -0.2) is 30.3 Å². The van der Waals surface area contributed by atoms with Crippen LogP contribution in [0, 0.1) is 0 Å². The first-order valence-corrected chi connectivity index (χ1v) is 7.93. The van der Waals surface area contributed by atoms with E-state index in [1.807, 2.05) is 18.2 Å². The number of rotatable bonds is 2. The van der Waals surface area contributed by atoms with E-state index >= 15 is 0 Å². The second-order valence-electron chi connectivity index (χ2n) is 5.48. The van der Waals surface area contributed by atoms with Crippen molar-refractivity contribution in [3.05, 3.63) is 28.8 Å². The van der Waals surface area contributed by atoms with Gasteiger partial charge in [0, 0.05) is 22.8 Å². The molecule has 1 aromatic rings. The fourth-order valence-electron chi connectivity index (χ4n) is 3.35. The lowest BCUT2D eigenvalue weighted by Crippen LogP contribution is -2.53. The molecule has 20 heavy (non-hydrogen) atoms. The lowest BCUT2D eigenvalue weighted by Gasteiger charge is -2.45. The summed E-state index contributed by atoms with van der Waals surface area (Å²) in [5.41, 5.74) is 7.84. The van der Waals surface area contributed by atoms with Crippen molar-refractivity contribution < 1.29 is 4.74 Å². The third-order valence-electron chi connectivity index (χ3n) is 4.27. The Labute approximate surface area is 130 Å². The first kappa shape index (κ1) is 14.1. The Kier molecular flexibility index (Phi) is 4.15. The smallest absolute Gasteiger partial charge is 0.106 e. The molecule has 1 aliphatic heterocycles. The molecule has 2 N–H and O–H groups in total. The number of benzene rings is 1. The quantitative estimate of drug-likeness (QED) is 0.852. The van der Waals surface area contributed by atoms with E-state index in [2.05, 4.69) is 4.90 Å². The highest BCUT2D eigenvalue weighted by molar-refractivity contribution is 7.80. The summed E-state index contributed by atoms with van der Waals surface area (Å²) in [6.07, 6.45) is 5.14. The number of ether oxygens (including phenoxy) is 1. The molecule has 1 heterocycles. The van der Waals surface area contributed by atoms with Crippen molar-refractivity contribution in [1.82, 2.24) is 0 Å². The molecule has 1 saturated carbocycles. The zero-order valence-corrected chi connectivity index (χ0v) is 12.9. The minimum Gasteiger partial charge on any atom is -0.389 e. The van der Waals surface area contributed by atoms with Crippen LogP contribution >= 0.6 is 23.8 Å². The van der Waals surface area contributed by atoms with E-state index in [0.717, 1.165) is 42.3 Å². The average Bonchev–Trinajstić information content (AvgIpc) is 2.46. The van der Waals surface area contributed by atoms with Crippen molar-refractivity contribution in [2.75, 3.05) is 18.1 Å². The lowest BCUT2D eigenvalue weighted by molar-refractivity contribution is -0.00868. The van der Waals surface area contributed by atoms with E-state index in [0.29, 0.717) is 17.1 Å². The highest BCUT2D eigenvalue weighted by Gasteiger charge is 2.35. The predicted molar refractivity (Wildman–Crippen MR) is 86.7 cm³/mol. The number of fused-ring (bicyclic) bond motifs is 1. The Hall–Kier alpha value is -0.840. The molecule has 2 aliphatic rings. The van der Waals surface area contributed by atoms with E-state index in [9.17, 15) is 0 Å².